The molecule has 1 aromatic carbocycles. The van der Waals surface area contributed by atoms with Gasteiger partial charge in [0.15, 0.2) is 0 Å². The van der Waals surface area contributed by atoms with Crippen LogP contribution >= 0.6 is 0 Å². The molecule has 0 aromatic heterocycles. The Morgan fingerprint density at radius 3 is 2.74 bits per heavy atom. The largest absolute Gasteiger partial charge is 0.273 e. The van der Waals surface area contributed by atoms with Crippen molar-refractivity contribution in [2.75, 3.05) is 18.8 Å². The third-order valence-corrected chi connectivity index (χ3v) is 5.83. The number of benzene rings is 1. The van der Waals surface area contributed by atoms with Crippen LogP contribution in [0.15, 0.2) is 29.4 Å². The second-order valence-electron chi connectivity index (χ2n) is 5.74. The van der Waals surface area contributed by atoms with E-state index in [4.69, 9.17) is 0 Å². The highest BCUT2D eigenvalue weighted by Crippen LogP contribution is 2.19. The van der Waals surface area contributed by atoms with Crippen LogP contribution in [-0.4, -0.2) is 43.7 Å². The molecule has 0 radical (unpaired) electrons. The number of amides is 1. The Hall–Kier alpha value is -1.73. The summed E-state index contributed by atoms with van der Waals surface area (Å²) >= 11 is 0. The predicted molar refractivity (Wildman–Crippen MR) is 90.7 cm³/mol. The molecule has 0 aliphatic carbocycles. The summed E-state index contributed by atoms with van der Waals surface area (Å²) in [6.45, 7) is 4.35. The Morgan fingerprint density at radius 2 is 2.09 bits per heavy atom. The third-order valence-electron chi connectivity index (χ3n) is 3.98. The zero-order valence-corrected chi connectivity index (χ0v) is 14.3. The summed E-state index contributed by atoms with van der Waals surface area (Å²) in [5, 5.41) is 3.96. The Balaban J connectivity index is 1.91. The van der Waals surface area contributed by atoms with Gasteiger partial charge in [-0.3, -0.25) is 4.79 Å². The van der Waals surface area contributed by atoms with Gasteiger partial charge in [0.05, 0.1) is 17.9 Å². The lowest BCUT2D eigenvalue weighted by Gasteiger charge is -2.30. The van der Waals surface area contributed by atoms with Crippen LogP contribution in [0.5, 0.6) is 0 Å². The minimum atomic E-state index is -3.24. The predicted octanol–water partition coefficient (Wildman–Crippen LogP) is 1.51. The van der Waals surface area contributed by atoms with Crippen LogP contribution in [0.1, 0.15) is 30.9 Å². The Morgan fingerprint density at radius 1 is 1.39 bits per heavy atom. The summed E-state index contributed by atoms with van der Waals surface area (Å²) in [7, 11) is -3.24. The maximum absolute atomic E-state index is 12.2. The molecular formula is C16H23N3O3S. The van der Waals surface area contributed by atoms with E-state index < -0.39 is 10.0 Å². The highest BCUT2D eigenvalue weighted by Gasteiger charge is 2.31. The van der Waals surface area contributed by atoms with E-state index in [1.807, 2.05) is 31.2 Å². The molecule has 23 heavy (non-hydrogen) atoms. The molecule has 1 fully saturated rings. The monoisotopic (exact) mass is 337 g/mol. The number of carbonyl (C=O) groups excluding carboxylic acids is 1. The molecule has 0 saturated carbocycles. The highest BCUT2D eigenvalue weighted by molar-refractivity contribution is 7.89. The van der Waals surface area contributed by atoms with Crippen molar-refractivity contribution in [1.29, 1.82) is 0 Å². The molecule has 0 bridgehead atoms. The number of hydrogen-bond acceptors (Lipinski definition) is 4. The zero-order valence-electron chi connectivity index (χ0n) is 13.5. The van der Waals surface area contributed by atoms with E-state index in [1.165, 1.54) is 4.31 Å². The molecule has 1 saturated heterocycles. The van der Waals surface area contributed by atoms with Gasteiger partial charge in [-0.25, -0.2) is 18.1 Å². The van der Waals surface area contributed by atoms with Gasteiger partial charge in [-0.1, -0.05) is 29.8 Å². The van der Waals surface area contributed by atoms with E-state index in [0.29, 0.717) is 19.4 Å². The molecule has 1 aliphatic heterocycles. The number of aryl methyl sites for hydroxylation is 1. The van der Waals surface area contributed by atoms with Gasteiger partial charge in [-0.15, -0.1) is 0 Å². The van der Waals surface area contributed by atoms with Gasteiger partial charge in [-0.2, -0.15) is 5.10 Å². The molecular weight excluding hydrogens is 314 g/mol. The molecule has 0 spiro atoms. The molecule has 1 aromatic rings. The smallest absolute Gasteiger partial charge is 0.244 e. The van der Waals surface area contributed by atoms with E-state index in [2.05, 4.69) is 10.5 Å². The number of sulfonamides is 1. The fourth-order valence-electron chi connectivity index (χ4n) is 2.51. The van der Waals surface area contributed by atoms with Gasteiger partial charge >= 0.3 is 0 Å². The van der Waals surface area contributed by atoms with Crippen LogP contribution in [0.25, 0.3) is 0 Å². The van der Waals surface area contributed by atoms with Crippen molar-refractivity contribution in [3.05, 3.63) is 35.4 Å². The van der Waals surface area contributed by atoms with Crippen molar-refractivity contribution >= 4 is 22.1 Å². The van der Waals surface area contributed by atoms with Crippen LogP contribution in [0.2, 0.25) is 0 Å². The molecule has 1 N–H and O–H groups in total. The summed E-state index contributed by atoms with van der Waals surface area (Å²) in [5.41, 5.74) is 4.57. The molecule has 1 amide bonds. The summed E-state index contributed by atoms with van der Waals surface area (Å²) < 4.78 is 25.2. The van der Waals surface area contributed by atoms with Gasteiger partial charge in [0.25, 0.3) is 0 Å². The minimum absolute atomic E-state index is 0.0624. The number of hydrogen-bond donors (Lipinski definition) is 1. The van der Waals surface area contributed by atoms with Crippen molar-refractivity contribution in [1.82, 2.24) is 9.73 Å². The van der Waals surface area contributed by atoms with E-state index in [9.17, 15) is 13.2 Å². The Labute approximate surface area is 137 Å². The van der Waals surface area contributed by atoms with Crippen LogP contribution in [0, 0.1) is 12.8 Å². The standard InChI is InChI=1S/C16H23N3O3S/c1-3-23(21,22)19-10-4-5-15(12-19)16(20)18-17-11-14-8-6-13(2)7-9-14/h6-9,11,15H,3-5,10,12H2,1-2H3,(H,18,20)/b17-11+. The van der Waals surface area contributed by atoms with Crippen molar-refractivity contribution in [2.45, 2.75) is 26.7 Å². The molecule has 126 valence electrons. The van der Waals surface area contributed by atoms with Crippen molar-refractivity contribution < 1.29 is 13.2 Å². The fourth-order valence-corrected chi connectivity index (χ4v) is 3.69. The Kier molecular flexibility index (Phi) is 5.90. The number of nitrogens with one attached hydrogen (secondary N) is 1. The maximum Gasteiger partial charge on any atom is 0.244 e. The number of rotatable bonds is 5. The number of piperidine rings is 1. The van der Waals surface area contributed by atoms with E-state index in [0.717, 1.165) is 11.1 Å². The number of nitrogens with zero attached hydrogens (tertiary/aromatic N) is 2. The van der Waals surface area contributed by atoms with Crippen molar-refractivity contribution in [3.63, 3.8) is 0 Å². The molecule has 1 unspecified atom stereocenters. The average molecular weight is 337 g/mol. The van der Waals surface area contributed by atoms with Gasteiger partial charge in [0, 0.05) is 13.1 Å². The SMILES string of the molecule is CCS(=O)(=O)N1CCCC(C(=O)N/N=C/c2ccc(C)cc2)C1. The lowest BCUT2D eigenvalue weighted by molar-refractivity contribution is -0.126. The van der Waals surface area contributed by atoms with Gasteiger partial charge in [0.2, 0.25) is 15.9 Å². The first kappa shape index (κ1) is 17.6. The molecule has 6 nitrogen and oxygen atoms in total. The second-order valence-corrected chi connectivity index (χ2v) is 8.00. The van der Waals surface area contributed by atoms with Crippen LogP contribution in [0.3, 0.4) is 0 Å². The first-order valence-electron chi connectivity index (χ1n) is 7.80. The second kappa shape index (κ2) is 7.70. The fraction of sp³-hybridized carbons (Fsp3) is 0.500. The first-order chi connectivity index (χ1) is 10.9. The van der Waals surface area contributed by atoms with E-state index in [1.54, 1.807) is 13.1 Å². The van der Waals surface area contributed by atoms with Crippen molar-refractivity contribution in [2.24, 2.45) is 11.0 Å². The molecule has 1 aliphatic rings. The maximum atomic E-state index is 12.2. The van der Waals surface area contributed by atoms with E-state index >= 15 is 0 Å². The van der Waals surface area contributed by atoms with Gasteiger partial charge in [-0.05, 0) is 32.3 Å². The van der Waals surface area contributed by atoms with Crippen LogP contribution < -0.4 is 5.43 Å². The van der Waals surface area contributed by atoms with Gasteiger partial charge in [0.1, 0.15) is 0 Å². The summed E-state index contributed by atoms with van der Waals surface area (Å²) in [6.07, 6.45) is 2.96. The molecule has 2 rings (SSSR count). The third kappa shape index (κ3) is 4.87. The molecule has 7 heteroatoms. The zero-order chi connectivity index (χ0) is 16.9. The quantitative estimate of drug-likeness (QED) is 0.653. The summed E-state index contributed by atoms with van der Waals surface area (Å²) in [6, 6.07) is 7.78. The minimum Gasteiger partial charge on any atom is -0.273 e. The van der Waals surface area contributed by atoms with Crippen molar-refractivity contribution in [3.8, 4) is 0 Å². The molecule has 1 heterocycles. The first-order valence-corrected chi connectivity index (χ1v) is 9.40. The lowest BCUT2D eigenvalue weighted by atomic mass is 9.99. The lowest BCUT2D eigenvalue weighted by Crippen LogP contribution is -2.45. The topological polar surface area (TPSA) is 78.8 Å². The highest BCUT2D eigenvalue weighted by atomic mass is 32.2. The summed E-state index contributed by atoms with van der Waals surface area (Å²) in [4.78, 5) is 12.2. The molecule has 1 atom stereocenters. The number of carbonyl (C=O) groups is 1. The number of hydrazone groups is 1. The Bertz CT molecular complexity index is 668. The van der Waals surface area contributed by atoms with E-state index in [-0.39, 0.29) is 24.1 Å². The average Bonchev–Trinajstić information content (AvgIpc) is 2.56. The normalized spacial score (nSPS) is 19.8. The summed E-state index contributed by atoms with van der Waals surface area (Å²) in [5.74, 6) is -0.517. The van der Waals surface area contributed by atoms with Crippen LogP contribution in [0.4, 0.5) is 0 Å². The van der Waals surface area contributed by atoms with Gasteiger partial charge < -0.3 is 0 Å². The van der Waals surface area contributed by atoms with Crippen LogP contribution in [-0.2, 0) is 14.8 Å².